The quantitative estimate of drug-likeness (QED) is 0.302. The summed E-state index contributed by atoms with van der Waals surface area (Å²) >= 11 is 0. The van der Waals surface area contributed by atoms with E-state index in [1.807, 2.05) is 24.3 Å². The number of methoxy groups -OCH3 is 2. The van der Waals surface area contributed by atoms with E-state index in [0.29, 0.717) is 22.9 Å². The smallest absolute Gasteiger partial charge is 0.261 e. The fraction of sp³-hybridized carbons (Fsp3) is 0.154. The molecule has 0 fully saturated rings. The molecule has 0 unspecified atom stereocenters. The van der Waals surface area contributed by atoms with Crippen molar-refractivity contribution in [2.75, 3.05) is 24.9 Å². The van der Waals surface area contributed by atoms with Gasteiger partial charge in [0, 0.05) is 0 Å². The fourth-order valence-corrected chi connectivity index (χ4v) is 3.13. The van der Waals surface area contributed by atoms with E-state index in [-0.39, 0.29) is 5.57 Å². The number of benzene rings is 3. The van der Waals surface area contributed by atoms with Gasteiger partial charge < -0.3 is 20.1 Å². The number of amides is 2. The molecular weight excluding hydrogens is 404 g/mol. The molecule has 0 aliphatic heterocycles. The summed E-state index contributed by atoms with van der Waals surface area (Å²) in [5, 5.41) is 5.55. The van der Waals surface area contributed by atoms with Crippen LogP contribution >= 0.6 is 0 Å². The number of rotatable bonds is 8. The standard InChI is InChI=1S/C26H26N2O4/c1-4-18-13-15-19(16-14-18)17-20(25(29)27-21-9-5-7-11-23(21)31-2)26(30)28-22-10-6-8-12-24(22)32-3/h5-17H,4H2,1-3H3,(H,27,29)(H,28,30). The predicted molar refractivity (Wildman–Crippen MR) is 127 cm³/mol. The first kappa shape index (κ1) is 22.6. The van der Waals surface area contributed by atoms with Gasteiger partial charge in [0.2, 0.25) is 0 Å². The lowest BCUT2D eigenvalue weighted by Gasteiger charge is -2.14. The molecule has 0 spiro atoms. The zero-order valence-corrected chi connectivity index (χ0v) is 18.3. The first-order valence-electron chi connectivity index (χ1n) is 10.2. The van der Waals surface area contributed by atoms with Crippen LogP contribution < -0.4 is 20.1 Å². The minimum atomic E-state index is -0.554. The summed E-state index contributed by atoms with van der Waals surface area (Å²) in [5.41, 5.74) is 2.80. The minimum Gasteiger partial charge on any atom is -0.495 e. The van der Waals surface area contributed by atoms with Crippen molar-refractivity contribution in [3.05, 3.63) is 89.5 Å². The van der Waals surface area contributed by atoms with E-state index in [1.54, 1.807) is 54.6 Å². The Bertz CT molecular complexity index is 1060. The molecule has 2 N–H and O–H groups in total. The molecule has 3 rings (SSSR count). The summed E-state index contributed by atoms with van der Waals surface area (Å²) in [6.07, 6.45) is 2.47. The zero-order valence-electron chi connectivity index (χ0n) is 18.3. The Morgan fingerprint density at radius 3 is 1.66 bits per heavy atom. The molecule has 0 aromatic heterocycles. The molecule has 0 saturated carbocycles. The average Bonchev–Trinajstić information content (AvgIpc) is 2.83. The summed E-state index contributed by atoms with van der Waals surface area (Å²) in [6.45, 7) is 2.07. The van der Waals surface area contributed by atoms with Crippen molar-refractivity contribution in [2.45, 2.75) is 13.3 Å². The number of carbonyl (C=O) groups is 2. The van der Waals surface area contributed by atoms with E-state index in [2.05, 4.69) is 17.6 Å². The fourth-order valence-electron chi connectivity index (χ4n) is 3.13. The largest absolute Gasteiger partial charge is 0.495 e. The third-order valence-electron chi connectivity index (χ3n) is 4.90. The van der Waals surface area contributed by atoms with Crippen LogP contribution in [0.15, 0.2) is 78.4 Å². The van der Waals surface area contributed by atoms with E-state index in [1.165, 1.54) is 19.8 Å². The molecule has 0 heterocycles. The molecule has 6 nitrogen and oxygen atoms in total. The molecule has 2 amide bonds. The highest BCUT2D eigenvalue weighted by atomic mass is 16.5. The second-order valence-electron chi connectivity index (χ2n) is 6.96. The summed E-state index contributed by atoms with van der Waals surface area (Å²) < 4.78 is 10.6. The van der Waals surface area contributed by atoms with E-state index >= 15 is 0 Å². The monoisotopic (exact) mass is 430 g/mol. The summed E-state index contributed by atoms with van der Waals surface area (Å²) in [5.74, 6) is -0.113. The maximum Gasteiger partial charge on any atom is 0.261 e. The Morgan fingerprint density at radius 1 is 0.750 bits per heavy atom. The number of aryl methyl sites for hydroxylation is 1. The van der Waals surface area contributed by atoms with Crippen LogP contribution in [0.1, 0.15) is 18.1 Å². The Morgan fingerprint density at radius 2 is 1.22 bits per heavy atom. The van der Waals surface area contributed by atoms with Crippen molar-refractivity contribution in [1.29, 1.82) is 0 Å². The van der Waals surface area contributed by atoms with Crippen LogP contribution in [0, 0.1) is 0 Å². The maximum absolute atomic E-state index is 13.2. The van der Waals surface area contributed by atoms with Crippen LogP contribution in [0.25, 0.3) is 6.08 Å². The Kier molecular flexibility index (Phi) is 7.65. The maximum atomic E-state index is 13.2. The van der Waals surface area contributed by atoms with E-state index in [4.69, 9.17) is 9.47 Å². The predicted octanol–water partition coefficient (Wildman–Crippen LogP) is 4.93. The van der Waals surface area contributed by atoms with E-state index < -0.39 is 11.8 Å². The van der Waals surface area contributed by atoms with Gasteiger partial charge in [-0.15, -0.1) is 0 Å². The minimum absolute atomic E-state index is 0.0499. The Hall–Kier alpha value is -4.06. The summed E-state index contributed by atoms with van der Waals surface area (Å²) in [6, 6.07) is 21.8. The summed E-state index contributed by atoms with van der Waals surface area (Å²) in [4.78, 5) is 26.3. The first-order valence-corrected chi connectivity index (χ1v) is 10.2. The number of para-hydroxylation sites is 4. The highest BCUT2D eigenvalue weighted by molar-refractivity contribution is 6.29. The first-order chi connectivity index (χ1) is 15.5. The second-order valence-corrected chi connectivity index (χ2v) is 6.96. The molecule has 0 bridgehead atoms. The highest BCUT2D eigenvalue weighted by Gasteiger charge is 2.21. The molecule has 0 radical (unpaired) electrons. The molecule has 32 heavy (non-hydrogen) atoms. The van der Waals surface area contributed by atoms with Gasteiger partial charge in [-0.1, -0.05) is 55.5 Å². The number of hydrogen-bond acceptors (Lipinski definition) is 4. The molecule has 0 aliphatic rings. The number of ether oxygens (including phenoxy) is 2. The van der Waals surface area contributed by atoms with Crippen molar-refractivity contribution in [3.63, 3.8) is 0 Å². The van der Waals surface area contributed by atoms with Gasteiger partial charge in [-0.05, 0) is 47.9 Å². The number of hydrogen-bond donors (Lipinski definition) is 2. The topological polar surface area (TPSA) is 76.7 Å². The van der Waals surface area contributed by atoms with Crippen molar-refractivity contribution in [2.24, 2.45) is 0 Å². The van der Waals surface area contributed by atoms with Crippen LogP contribution in [0.5, 0.6) is 11.5 Å². The Balaban J connectivity index is 1.95. The Labute approximate surface area is 187 Å². The lowest BCUT2D eigenvalue weighted by molar-refractivity contribution is -0.118. The SMILES string of the molecule is CCc1ccc(C=C(C(=O)Nc2ccccc2OC)C(=O)Nc2ccccc2OC)cc1. The highest BCUT2D eigenvalue weighted by Crippen LogP contribution is 2.26. The average molecular weight is 431 g/mol. The molecule has 6 heteroatoms. The van der Waals surface area contributed by atoms with Gasteiger partial charge in [-0.25, -0.2) is 0 Å². The third-order valence-corrected chi connectivity index (χ3v) is 4.90. The van der Waals surface area contributed by atoms with Crippen LogP contribution in [0.2, 0.25) is 0 Å². The van der Waals surface area contributed by atoms with E-state index in [0.717, 1.165) is 12.0 Å². The number of nitrogens with one attached hydrogen (secondary N) is 2. The molecule has 164 valence electrons. The zero-order chi connectivity index (χ0) is 22.9. The normalized spacial score (nSPS) is 10.1. The van der Waals surface area contributed by atoms with Gasteiger partial charge in [0.25, 0.3) is 11.8 Å². The van der Waals surface area contributed by atoms with Gasteiger partial charge in [0.1, 0.15) is 17.1 Å². The molecular formula is C26H26N2O4. The van der Waals surface area contributed by atoms with Crippen molar-refractivity contribution in [3.8, 4) is 11.5 Å². The van der Waals surface area contributed by atoms with Gasteiger partial charge in [-0.3, -0.25) is 9.59 Å². The molecule has 3 aromatic rings. The van der Waals surface area contributed by atoms with Gasteiger partial charge in [-0.2, -0.15) is 0 Å². The van der Waals surface area contributed by atoms with Crippen molar-refractivity contribution < 1.29 is 19.1 Å². The third kappa shape index (κ3) is 5.55. The number of anilines is 2. The lowest BCUT2D eigenvalue weighted by Crippen LogP contribution is -2.25. The molecule has 3 aromatic carbocycles. The molecule has 0 saturated heterocycles. The van der Waals surface area contributed by atoms with Crippen LogP contribution in [-0.2, 0) is 16.0 Å². The summed E-state index contributed by atoms with van der Waals surface area (Å²) in [7, 11) is 3.04. The van der Waals surface area contributed by atoms with Gasteiger partial charge in [0.05, 0.1) is 25.6 Å². The van der Waals surface area contributed by atoms with Crippen LogP contribution in [-0.4, -0.2) is 26.0 Å². The van der Waals surface area contributed by atoms with Gasteiger partial charge >= 0.3 is 0 Å². The van der Waals surface area contributed by atoms with Crippen LogP contribution in [0.3, 0.4) is 0 Å². The van der Waals surface area contributed by atoms with Gasteiger partial charge in [0.15, 0.2) is 0 Å². The second kappa shape index (κ2) is 10.8. The molecule has 0 atom stereocenters. The van der Waals surface area contributed by atoms with Crippen molar-refractivity contribution >= 4 is 29.3 Å². The lowest BCUT2D eigenvalue weighted by atomic mass is 10.1. The van der Waals surface area contributed by atoms with E-state index in [9.17, 15) is 9.59 Å². The van der Waals surface area contributed by atoms with Crippen LogP contribution in [0.4, 0.5) is 11.4 Å². The van der Waals surface area contributed by atoms with Crippen molar-refractivity contribution in [1.82, 2.24) is 0 Å². The number of carbonyl (C=O) groups excluding carboxylic acids is 2. The molecule has 0 aliphatic carbocycles.